The minimum atomic E-state index is 0.0860. The van der Waals surface area contributed by atoms with Crippen molar-refractivity contribution >= 4 is 17.5 Å². The molecule has 0 spiro atoms. The standard InChI is InChI=1S/C15H18ClNO3/c16-8-2-1-7-15(18)17(11-13-5-3-9-19-13)12-14-6-4-10-20-14/h3-6,9-10H,1-2,7-8,11-12H2. The number of carbonyl (C=O) groups excluding carboxylic acids is 1. The number of hydrogen-bond acceptors (Lipinski definition) is 3. The van der Waals surface area contributed by atoms with Crippen molar-refractivity contribution in [2.24, 2.45) is 0 Å². The maximum atomic E-state index is 12.3. The number of furan rings is 2. The van der Waals surface area contributed by atoms with E-state index in [0.29, 0.717) is 25.4 Å². The number of rotatable bonds is 8. The predicted molar refractivity (Wildman–Crippen MR) is 76.2 cm³/mol. The van der Waals surface area contributed by atoms with Crippen LogP contribution in [0.4, 0.5) is 0 Å². The highest BCUT2D eigenvalue weighted by Gasteiger charge is 2.16. The van der Waals surface area contributed by atoms with Gasteiger partial charge < -0.3 is 13.7 Å². The molecule has 2 heterocycles. The number of carbonyl (C=O) groups is 1. The number of unbranched alkanes of at least 4 members (excludes halogenated alkanes) is 1. The third-order valence-corrected chi connectivity index (χ3v) is 3.25. The smallest absolute Gasteiger partial charge is 0.223 e. The zero-order valence-electron chi connectivity index (χ0n) is 11.3. The van der Waals surface area contributed by atoms with E-state index in [9.17, 15) is 4.79 Å². The lowest BCUT2D eigenvalue weighted by molar-refractivity contribution is -0.133. The molecule has 0 aromatic carbocycles. The van der Waals surface area contributed by atoms with Crippen molar-refractivity contribution in [2.45, 2.75) is 32.4 Å². The molecule has 0 aliphatic heterocycles. The van der Waals surface area contributed by atoms with Crippen molar-refractivity contribution in [3.8, 4) is 0 Å². The minimum Gasteiger partial charge on any atom is -0.467 e. The van der Waals surface area contributed by atoms with E-state index >= 15 is 0 Å². The Balaban J connectivity index is 1.97. The highest BCUT2D eigenvalue weighted by atomic mass is 35.5. The number of hydrogen-bond donors (Lipinski definition) is 0. The van der Waals surface area contributed by atoms with Crippen LogP contribution in [0.25, 0.3) is 0 Å². The summed E-state index contributed by atoms with van der Waals surface area (Å²) in [4.78, 5) is 14.0. The van der Waals surface area contributed by atoms with Crippen molar-refractivity contribution < 1.29 is 13.6 Å². The monoisotopic (exact) mass is 295 g/mol. The summed E-state index contributed by atoms with van der Waals surface area (Å²) in [7, 11) is 0. The van der Waals surface area contributed by atoms with Gasteiger partial charge in [-0.05, 0) is 37.1 Å². The summed E-state index contributed by atoms with van der Waals surface area (Å²) in [5.74, 6) is 2.20. The molecule has 0 saturated heterocycles. The Kier molecular flexibility index (Phi) is 5.74. The van der Waals surface area contributed by atoms with E-state index in [4.69, 9.17) is 20.4 Å². The Bertz CT molecular complexity index is 457. The quantitative estimate of drug-likeness (QED) is 0.549. The molecule has 0 saturated carbocycles. The number of alkyl halides is 1. The summed E-state index contributed by atoms with van der Waals surface area (Å²) in [5.41, 5.74) is 0. The third-order valence-electron chi connectivity index (χ3n) is 2.98. The average molecular weight is 296 g/mol. The number of amides is 1. The van der Waals surface area contributed by atoms with Gasteiger partial charge in [-0.3, -0.25) is 4.79 Å². The zero-order valence-corrected chi connectivity index (χ0v) is 12.0. The Morgan fingerprint density at radius 1 is 1.05 bits per heavy atom. The second-order valence-corrected chi connectivity index (χ2v) is 4.93. The molecule has 0 aliphatic carbocycles. The minimum absolute atomic E-state index is 0.0860. The summed E-state index contributed by atoms with van der Waals surface area (Å²) in [6.07, 6.45) is 5.36. The van der Waals surface area contributed by atoms with Gasteiger partial charge in [0.25, 0.3) is 0 Å². The van der Waals surface area contributed by atoms with E-state index in [1.165, 1.54) is 0 Å². The molecule has 2 rings (SSSR count). The van der Waals surface area contributed by atoms with Gasteiger partial charge in [0.15, 0.2) is 0 Å². The van der Waals surface area contributed by atoms with Crippen LogP contribution in [0.2, 0.25) is 0 Å². The molecule has 0 unspecified atom stereocenters. The summed E-state index contributed by atoms with van der Waals surface area (Å²) in [6, 6.07) is 7.36. The Morgan fingerprint density at radius 2 is 1.65 bits per heavy atom. The highest BCUT2D eigenvalue weighted by molar-refractivity contribution is 6.17. The normalized spacial score (nSPS) is 10.7. The van der Waals surface area contributed by atoms with Gasteiger partial charge in [0, 0.05) is 12.3 Å². The molecule has 0 bridgehead atoms. The van der Waals surface area contributed by atoms with E-state index in [0.717, 1.165) is 24.4 Å². The molecular weight excluding hydrogens is 278 g/mol. The van der Waals surface area contributed by atoms with Gasteiger partial charge in [0.1, 0.15) is 11.5 Å². The first-order valence-corrected chi connectivity index (χ1v) is 7.21. The van der Waals surface area contributed by atoms with Gasteiger partial charge in [0.05, 0.1) is 25.6 Å². The molecule has 0 radical (unpaired) electrons. The largest absolute Gasteiger partial charge is 0.467 e. The summed E-state index contributed by atoms with van der Waals surface area (Å²) >= 11 is 5.64. The van der Waals surface area contributed by atoms with Gasteiger partial charge in [-0.25, -0.2) is 0 Å². The molecule has 2 aromatic rings. The van der Waals surface area contributed by atoms with Crippen LogP contribution in [0.5, 0.6) is 0 Å². The third kappa shape index (κ3) is 4.46. The van der Waals surface area contributed by atoms with Gasteiger partial charge in [-0.1, -0.05) is 0 Å². The summed E-state index contributed by atoms with van der Waals surface area (Å²) in [6.45, 7) is 0.904. The lowest BCUT2D eigenvalue weighted by Crippen LogP contribution is -2.29. The Hall–Kier alpha value is -1.68. The van der Waals surface area contributed by atoms with Gasteiger partial charge in [0.2, 0.25) is 5.91 Å². The molecular formula is C15H18ClNO3. The molecule has 1 amide bonds. The maximum Gasteiger partial charge on any atom is 0.223 e. The molecule has 0 fully saturated rings. The fraction of sp³-hybridized carbons (Fsp3) is 0.400. The Labute approximate surface area is 123 Å². The fourth-order valence-corrected chi connectivity index (χ4v) is 2.13. The van der Waals surface area contributed by atoms with Crippen LogP contribution < -0.4 is 0 Å². The number of halogens is 1. The van der Waals surface area contributed by atoms with E-state index in [-0.39, 0.29) is 5.91 Å². The first-order chi connectivity index (χ1) is 9.79. The maximum absolute atomic E-state index is 12.3. The molecule has 0 N–H and O–H groups in total. The van der Waals surface area contributed by atoms with Crippen LogP contribution in [0.1, 0.15) is 30.8 Å². The molecule has 4 nitrogen and oxygen atoms in total. The average Bonchev–Trinajstić information content (AvgIpc) is 3.11. The second kappa shape index (κ2) is 7.80. The topological polar surface area (TPSA) is 46.6 Å². The lowest BCUT2D eigenvalue weighted by atomic mass is 10.2. The highest BCUT2D eigenvalue weighted by Crippen LogP contribution is 2.13. The lowest BCUT2D eigenvalue weighted by Gasteiger charge is -2.20. The van der Waals surface area contributed by atoms with Crippen molar-refractivity contribution in [1.29, 1.82) is 0 Å². The molecule has 0 atom stereocenters. The van der Waals surface area contributed by atoms with Crippen LogP contribution >= 0.6 is 11.6 Å². The summed E-state index contributed by atoms with van der Waals surface area (Å²) in [5, 5.41) is 0. The first-order valence-electron chi connectivity index (χ1n) is 6.68. The van der Waals surface area contributed by atoms with E-state index < -0.39 is 0 Å². The SMILES string of the molecule is O=C(CCCCCl)N(Cc1ccco1)Cc1ccco1. The van der Waals surface area contributed by atoms with Crippen LogP contribution in [-0.2, 0) is 17.9 Å². The van der Waals surface area contributed by atoms with Crippen LogP contribution in [0.15, 0.2) is 45.6 Å². The van der Waals surface area contributed by atoms with Crippen LogP contribution in [-0.4, -0.2) is 16.7 Å². The fourth-order valence-electron chi connectivity index (χ4n) is 1.94. The first kappa shape index (κ1) is 14.7. The molecule has 0 aliphatic rings. The van der Waals surface area contributed by atoms with Gasteiger partial charge in [-0.2, -0.15) is 0 Å². The zero-order chi connectivity index (χ0) is 14.2. The van der Waals surface area contributed by atoms with Crippen LogP contribution in [0.3, 0.4) is 0 Å². The molecule has 5 heteroatoms. The van der Waals surface area contributed by atoms with E-state index in [1.807, 2.05) is 24.3 Å². The van der Waals surface area contributed by atoms with E-state index in [2.05, 4.69) is 0 Å². The predicted octanol–water partition coefficient (Wildman–Crippen LogP) is 3.81. The Morgan fingerprint density at radius 3 is 2.10 bits per heavy atom. The summed E-state index contributed by atoms with van der Waals surface area (Å²) < 4.78 is 10.6. The van der Waals surface area contributed by atoms with Crippen molar-refractivity contribution in [1.82, 2.24) is 4.90 Å². The van der Waals surface area contributed by atoms with Crippen molar-refractivity contribution in [3.63, 3.8) is 0 Å². The second-order valence-electron chi connectivity index (χ2n) is 4.55. The van der Waals surface area contributed by atoms with Crippen LogP contribution in [0, 0.1) is 0 Å². The van der Waals surface area contributed by atoms with E-state index in [1.54, 1.807) is 17.4 Å². The number of nitrogens with zero attached hydrogens (tertiary/aromatic N) is 1. The van der Waals surface area contributed by atoms with Crippen molar-refractivity contribution in [3.05, 3.63) is 48.3 Å². The molecule has 108 valence electrons. The van der Waals surface area contributed by atoms with Crippen molar-refractivity contribution in [2.75, 3.05) is 5.88 Å². The van der Waals surface area contributed by atoms with Gasteiger partial charge in [-0.15, -0.1) is 11.6 Å². The molecule has 20 heavy (non-hydrogen) atoms. The van der Waals surface area contributed by atoms with Gasteiger partial charge >= 0.3 is 0 Å². The molecule has 2 aromatic heterocycles.